The smallest absolute Gasteiger partial charge is 0.319 e. The van der Waals surface area contributed by atoms with E-state index in [0.29, 0.717) is 12.8 Å². The zero-order valence-electron chi connectivity index (χ0n) is 14.4. The summed E-state index contributed by atoms with van der Waals surface area (Å²) in [7, 11) is -3.17. The van der Waals surface area contributed by atoms with Crippen LogP contribution >= 0.6 is 0 Å². The molecule has 2 N–H and O–H groups in total. The van der Waals surface area contributed by atoms with Gasteiger partial charge in [0.1, 0.15) is 0 Å². The van der Waals surface area contributed by atoms with Gasteiger partial charge in [-0.3, -0.25) is 0 Å². The van der Waals surface area contributed by atoms with E-state index in [9.17, 15) is 13.2 Å². The fraction of sp³-hybridized carbons (Fsp3) is 0.588. The minimum atomic E-state index is -3.17. The molecule has 2 aliphatic rings. The van der Waals surface area contributed by atoms with Gasteiger partial charge in [0.25, 0.3) is 0 Å². The molecule has 1 aromatic rings. The molecule has 2 saturated heterocycles. The lowest BCUT2D eigenvalue weighted by molar-refractivity contribution is 0.204. The first kappa shape index (κ1) is 17.2. The summed E-state index contributed by atoms with van der Waals surface area (Å²) in [5.74, 6) is 0. The van der Waals surface area contributed by atoms with Crippen LogP contribution < -0.4 is 10.6 Å². The van der Waals surface area contributed by atoms with E-state index >= 15 is 0 Å². The predicted molar refractivity (Wildman–Crippen MR) is 94.6 cm³/mol. The van der Waals surface area contributed by atoms with Crippen molar-refractivity contribution in [2.45, 2.75) is 57.7 Å². The molecule has 7 heteroatoms. The quantitative estimate of drug-likeness (QED) is 0.877. The standard InChI is InChI=1S/C17H25N3O3S/c1-11-4-5-13(8-12(11)2)18-17(21)19-14-9-15-6-7-16(10-14)20(15)24(3,22)23/h4-5,8,14-16H,6-7,9-10H2,1-3H3,(H2,18,19,21)/t14?,15-,16+. The average molecular weight is 351 g/mol. The van der Waals surface area contributed by atoms with E-state index in [4.69, 9.17) is 0 Å². The number of rotatable bonds is 3. The van der Waals surface area contributed by atoms with Crippen LogP contribution in [0.25, 0.3) is 0 Å². The van der Waals surface area contributed by atoms with Crippen LogP contribution in [0.2, 0.25) is 0 Å². The topological polar surface area (TPSA) is 78.5 Å². The number of hydrogen-bond acceptors (Lipinski definition) is 3. The maximum atomic E-state index is 12.2. The van der Waals surface area contributed by atoms with E-state index in [1.807, 2.05) is 32.0 Å². The van der Waals surface area contributed by atoms with Crippen LogP contribution in [0, 0.1) is 13.8 Å². The van der Waals surface area contributed by atoms with Crippen molar-refractivity contribution in [1.29, 1.82) is 0 Å². The lowest BCUT2D eigenvalue weighted by Crippen LogP contribution is -2.52. The Morgan fingerprint density at radius 2 is 1.75 bits per heavy atom. The highest BCUT2D eigenvalue weighted by atomic mass is 32.2. The highest BCUT2D eigenvalue weighted by Crippen LogP contribution is 2.37. The van der Waals surface area contributed by atoms with Crippen LogP contribution in [0.3, 0.4) is 0 Å². The molecule has 2 heterocycles. The third-order valence-corrected chi connectivity index (χ3v) is 6.51. The first-order valence-electron chi connectivity index (χ1n) is 8.37. The number of piperidine rings is 1. The van der Waals surface area contributed by atoms with E-state index in [1.165, 1.54) is 11.8 Å². The van der Waals surface area contributed by atoms with E-state index in [-0.39, 0.29) is 24.2 Å². The predicted octanol–water partition coefficient (Wildman–Crippen LogP) is 2.38. The molecule has 24 heavy (non-hydrogen) atoms. The van der Waals surface area contributed by atoms with E-state index in [0.717, 1.165) is 24.1 Å². The number of carbonyl (C=O) groups excluding carboxylic acids is 1. The van der Waals surface area contributed by atoms with Crippen LogP contribution in [0.1, 0.15) is 36.8 Å². The molecular formula is C17H25N3O3S. The van der Waals surface area contributed by atoms with Crippen LogP contribution in [-0.2, 0) is 10.0 Å². The molecule has 3 rings (SSSR count). The van der Waals surface area contributed by atoms with Crippen molar-refractivity contribution < 1.29 is 13.2 Å². The van der Waals surface area contributed by atoms with Crippen molar-refractivity contribution >= 4 is 21.7 Å². The Hall–Kier alpha value is -1.60. The number of benzene rings is 1. The maximum absolute atomic E-state index is 12.2. The van der Waals surface area contributed by atoms with Crippen LogP contribution in [0.5, 0.6) is 0 Å². The Morgan fingerprint density at radius 3 is 2.29 bits per heavy atom. The van der Waals surface area contributed by atoms with Gasteiger partial charge in [-0.2, -0.15) is 4.31 Å². The Kier molecular flexibility index (Phi) is 4.57. The summed E-state index contributed by atoms with van der Waals surface area (Å²) in [4.78, 5) is 12.2. The van der Waals surface area contributed by atoms with Gasteiger partial charge in [-0.25, -0.2) is 13.2 Å². The molecule has 0 saturated carbocycles. The molecule has 0 radical (unpaired) electrons. The second-order valence-corrected chi connectivity index (χ2v) is 8.93. The highest BCUT2D eigenvalue weighted by molar-refractivity contribution is 7.88. The second kappa shape index (κ2) is 6.37. The third kappa shape index (κ3) is 3.57. The van der Waals surface area contributed by atoms with Gasteiger partial charge in [0, 0.05) is 23.8 Å². The van der Waals surface area contributed by atoms with Gasteiger partial charge in [0.2, 0.25) is 10.0 Å². The molecule has 0 spiro atoms. The van der Waals surface area contributed by atoms with Crippen molar-refractivity contribution in [3.63, 3.8) is 0 Å². The lowest BCUT2D eigenvalue weighted by atomic mass is 10.00. The van der Waals surface area contributed by atoms with Crippen LogP contribution in [-0.4, -0.2) is 43.1 Å². The minimum absolute atomic E-state index is 0.0191. The number of urea groups is 1. The summed E-state index contributed by atoms with van der Waals surface area (Å²) in [6.45, 7) is 4.04. The number of hydrogen-bond donors (Lipinski definition) is 2. The van der Waals surface area contributed by atoms with Gasteiger partial charge >= 0.3 is 6.03 Å². The molecule has 2 bridgehead atoms. The zero-order chi connectivity index (χ0) is 17.5. The molecule has 2 fully saturated rings. The normalized spacial score (nSPS) is 27.0. The minimum Gasteiger partial charge on any atom is -0.335 e. The van der Waals surface area contributed by atoms with Crippen molar-refractivity contribution in [3.8, 4) is 0 Å². The number of nitrogens with zero attached hydrogens (tertiary/aromatic N) is 1. The van der Waals surface area contributed by atoms with Gasteiger partial charge in [-0.15, -0.1) is 0 Å². The molecule has 1 aromatic carbocycles. The second-order valence-electron chi connectivity index (χ2n) is 7.04. The number of nitrogens with one attached hydrogen (secondary N) is 2. The molecule has 2 amide bonds. The van der Waals surface area contributed by atoms with Crippen molar-refractivity contribution in [3.05, 3.63) is 29.3 Å². The molecular weight excluding hydrogens is 326 g/mol. The number of aryl methyl sites for hydroxylation is 2. The van der Waals surface area contributed by atoms with Crippen LogP contribution in [0.4, 0.5) is 10.5 Å². The summed E-state index contributed by atoms with van der Waals surface area (Å²) >= 11 is 0. The molecule has 6 nitrogen and oxygen atoms in total. The van der Waals surface area contributed by atoms with Gasteiger partial charge in [-0.1, -0.05) is 6.07 Å². The van der Waals surface area contributed by atoms with Crippen LogP contribution in [0.15, 0.2) is 18.2 Å². The molecule has 2 aliphatic heterocycles. The molecule has 3 atom stereocenters. The van der Waals surface area contributed by atoms with Crippen molar-refractivity contribution in [1.82, 2.24) is 9.62 Å². The van der Waals surface area contributed by atoms with Gasteiger partial charge < -0.3 is 10.6 Å². The SMILES string of the molecule is Cc1ccc(NC(=O)NC2C[C@H]3CC[C@@H](C2)N3S(C)(=O)=O)cc1C. The van der Waals surface area contributed by atoms with Crippen molar-refractivity contribution in [2.24, 2.45) is 0 Å². The molecule has 1 unspecified atom stereocenters. The fourth-order valence-electron chi connectivity index (χ4n) is 3.97. The fourth-order valence-corrected chi connectivity index (χ4v) is 5.43. The summed E-state index contributed by atoms with van der Waals surface area (Å²) in [6.07, 6.45) is 4.41. The molecule has 0 aromatic heterocycles. The van der Waals surface area contributed by atoms with Crippen molar-refractivity contribution in [2.75, 3.05) is 11.6 Å². The summed E-state index contributed by atoms with van der Waals surface area (Å²) in [5.41, 5.74) is 3.09. The Bertz CT molecular complexity index is 733. The summed E-state index contributed by atoms with van der Waals surface area (Å²) < 4.78 is 25.5. The number of amides is 2. The molecule has 0 aliphatic carbocycles. The maximum Gasteiger partial charge on any atom is 0.319 e. The number of carbonyl (C=O) groups is 1. The van der Waals surface area contributed by atoms with E-state index in [2.05, 4.69) is 10.6 Å². The van der Waals surface area contributed by atoms with Gasteiger partial charge in [-0.05, 0) is 62.8 Å². The Balaban J connectivity index is 1.59. The lowest BCUT2D eigenvalue weighted by Gasteiger charge is -2.37. The zero-order valence-corrected chi connectivity index (χ0v) is 15.2. The first-order valence-corrected chi connectivity index (χ1v) is 10.2. The largest absolute Gasteiger partial charge is 0.335 e. The Morgan fingerprint density at radius 1 is 1.12 bits per heavy atom. The average Bonchev–Trinajstić information content (AvgIpc) is 2.75. The number of anilines is 1. The Labute approximate surface area is 143 Å². The number of sulfonamides is 1. The summed E-state index contributed by atoms with van der Waals surface area (Å²) in [6, 6.07) is 5.65. The van der Waals surface area contributed by atoms with Gasteiger partial charge in [0.15, 0.2) is 0 Å². The first-order chi connectivity index (χ1) is 11.2. The molecule has 132 valence electrons. The van der Waals surface area contributed by atoms with Gasteiger partial charge in [0.05, 0.1) is 6.26 Å². The van der Waals surface area contributed by atoms with E-state index < -0.39 is 10.0 Å². The monoisotopic (exact) mass is 351 g/mol. The third-order valence-electron chi connectivity index (χ3n) is 5.15. The highest BCUT2D eigenvalue weighted by Gasteiger charge is 2.45. The summed E-state index contributed by atoms with van der Waals surface area (Å²) in [5, 5.41) is 5.87. The van der Waals surface area contributed by atoms with E-state index in [1.54, 1.807) is 4.31 Å². The number of fused-ring (bicyclic) bond motifs is 2.